The summed E-state index contributed by atoms with van der Waals surface area (Å²) in [5, 5.41) is 0. The lowest BCUT2D eigenvalue weighted by atomic mass is 10.0. The normalized spacial score (nSPS) is 12.5. The average Bonchev–Trinajstić information content (AvgIpc) is 2.34. The molecule has 0 bridgehead atoms. The molecule has 0 spiro atoms. The van der Waals surface area contributed by atoms with Gasteiger partial charge in [0.15, 0.2) is 0 Å². The number of halogens is 4. The molecule has 2 aromatic rings. The second-order valence-corrected chi connectivity index (χ2v) is 5.87. The van der Waals surface area contributed by atoms with Crippen molar-refractivity contribution in [1.82, 2.24) is 0 Å². The third-order valence-corrected chi connectivity index (χ3v) is 4.26. The standard InChI is InChI=1S/C14H10Br2F2/c1-8-6-13(18)11(7-12(8)17)14(16)9-2-4-10(15)5-3-9/h2-7,14H,1H3. The molecule has 0 aliphatic rings. The minimum absolute atomic E-state index is 0.306. The zero-order valence-corrected chi connectivity index (χ0v) is 12.7. The molecule has 18 heavy (non-hydrogen) atoms. The van der Waals surface area contributed by atoms with Gasteiger partial charge in [-0.25, -0.2) is 8.78 Å². The molecule has 0 saturated heterocycles. The van der Waals surface area contributed by atoms with E-state index in [1.54, 1.807) is 6.92 Å². The van der Waals surface area contributed by atoms with Crippen LogP contribution in [-0.4, -0.2) is 0 Å². The van der Waals surface area contributed by atoms with E-state index in [1.165, 1.54) is 12.1 Å². The minimum Gasteiger partial charge on any atom is -0.207 e. The van der Waals surface area contributed by atoms with E-state index >= 15 is 0 Å². The molecule has 0 N–H and O–H groups in total. The van der Waals surface area contributed by atoms with Gasteiger partial charge in [-0.1, -0.05) is 44.0 Å². The van der Waals surface area contributed by atoms with E-state index in [9.17, 15) is 8.78 Å². The molecular formula is C14H10Br2F2. The minimum atomic E-state index is -0.404. The van der Waals surface area contributed by atoms with Crippen molar-refractivity contribution in [2.75, 3.05) is 0 Å². The highest BCUT2D eigenvalue weighted by Gasteiger charge is 2.16. The van der Waals surface area contributed by atoms with Gasteiger partial charge in [-0.2, -0.15) is 0 Å². The molecule has 2 rings (SSSR count). The summed E-state index contributed by atoms with van der Waals surface area (Å²) in [6.45, 7) is 1.55. The first-order chi connectivity index (χ1) is 8.49. The Balaban J connectivity index is 2.42. The maximum atomic E-state index is 13.8. The lowest BCUT2D eigenvalue weighted by molar-refractivity contribution is 0.581. The Hall–Kier alpha value is -0.740. The van der Waals surface area contributed by atoms with Crippen molar-refractivity contribution in [3.05, 3.63) is 69.2 Å². The summed E-state index contributed by atoms with van der Waals surface area (Å²) in [5.41, 5.74) is 1.49. The molecule has 0 aliphatic carbocycles. The molecule has 1 unspecified atom stereocenters. The van der Waals surface area contributed by atoms with E-state index in [0.717, 1.165) is 10.0 Å². The van der Waals surface area contributed by atoms with E-state index in [1.807, 2.05) is 24.3 Å². The Morgan fingerprint density at radius 1 is 1.00 bits per heavy atom. The molecule has 0 heterocycles. The number of aryl methyl sites for hydroxylation is 1. The quantitative estimate of drug-likeness (QED) is 0.606. The Morgan fingerprint density at radius 3 is 2.22 bits per heavy atom. The van der Waals surface area contributed by atoms with Gasteiger partial charge in [0.1, 0.15) is 11.6 Å². The van der Waals surface area contributed by atoms with Crippen LogP contribution in [0.4, 0.5) is 8.78 Å². The number of hydrogen-bond donors (Lipinski definition) is 0. The monoisotopic (exact) mass is 374 g/mol. The predicted octanol–water partition coefficient (Wildman–Crippen LogP) is 5.52. The van der Waals surface area contributed by atoms with Gasteiger partial charge in [0.05, 0.1) is 4.83 Å². The lowest BCUT2D eigenvalue weighted by Crippen LogP contribution is -1.99. The summed E-state index contributed by atoms with van der Waals surface area (Å²) >= 11 is 6.74. The van der Waals surface area contributed by atoms with E-state index in [-0.39, 0.29) is 4.83 Å². The zero-order valence-electron chi connectivity index (χ0n) is 9.55. The van der Waals surface area contributed by atoms with Gasteiger partial charge in [0.25, 0.3) is 0 Å². The van der Waals surface area contributed by atoms with Crippen molar-refractivity contribution >= 4 is 31.9 Å². The summed E-state index contributed by atoms with van der Waals surface area (Å²) in [4.78, 5) is -0.360. The number of rotatable bonds is 2. The second kappa shape index (κ2) is 5.49. The van der Waals surface area contributed by atoms with Crippen LogP contribution in [0, 0.1) is 18.6 Å². The van der Waals surface area contributed by atoms with Crippen LogP contribution in [0.3, 0.4) is 0 Å². The van der Waals surface area contributed by atoms with Crippen LogP contribution in [0.25, 0.3) is 0 Å². The van der Waals surface area contributed by atoms with Crippen LogP contribution in [0.2, 0.25) is 0 Å². The molecule has 0 aliphatic heterocycles. The molecule has 0 aromatic heterocycles. The maximum absolute atomic E-state index is 13.8. The van der Waals surface area contributed by atoms with Gasteiger partial charge in [0, 0.05) is 10.0 Å². The molecule has 4 heteroatoms. The third kappa shape index (κ3) is 2.81. The van der Waals surface area contributed by atoms with Crippen molar-refractivity contribution in [3.63, 3.8) is 0 Å². The van der Waals surface area contributed by atoms with Crippen molar-refractivity contribution in [2.45, 2.75) is 11.8 Å². The third-order valence-electron chi connectivity index (χ3n) is 2.71. The average molecular weight is 376 g/mol. The first-order valence-corrected chi connectivity index (χ1v) is 7.05. The SMILES string of the molecule is Cc1cc(F)c(C(Br)c2ccc(Br)cc2)cc1F. The molecule has 0 saturated carbocycles. The van der Waals surface area contributed by atoms with Gasteiger partial charge in [-0.15, -0.1) is 0 Å². The van der Waals surface area contributed by atoms with Crippen LogP contribution >= 0.6 is 31.9 Å². The Kier molecular flexibility index (Phi) is 4.17. The summed E-state index contributed by atoms with van der Waals surface area (Å²) < 4.78 is 28.3. The van der Waals surface area contributed by atoms with Crippen LogP contribution in [0.15, 0.2) is 40.9 Å². The highest BCUT2D eigenvalue weighted by molar-refractivity contribution is 9.10. The summed E-state index contributed by atoms with van der Waals surface area (Å²) in [7, 11) is 0. The highest BCUT2D eigenvalue weighted by Crippen LogP contribution is 2.34. The molecule has 0 nitrogen and oxygen atoms in total. The molecule has 0 fully saturated rings. The fourth-order valence-corrected chi connectivity index (χ4v) is 2.59. The van der Waals surface area contributed by atoms with E-state index in [2.05, 4.69) is 31.9 Å². The van der Waals surface area contributed by atoms with Gasteiger partial charge >= 0.3 is 0 Å². The van der Waals surface area contributed by atoms with Crippen molar-refractivity contribution in [2.24, 2.45) is 0 Å². The van der Waals surface area contributed by atoms with Gasteiger partial charge in [-0.05, 0) is 42.3 Å². The second-order valence-electron chi connectivity index (χ2n) is 4.04. The van der Waals surface area contributed by atoms with Gasteiger partial charge < -0.3 is 0 Å². The van der Waals surface area contributed by atoms with Crippen molar-refractivity contribution < 1.29 is 8.78 Å². The zero-order chi connectivity index (χ0) is 13.3. The Morgan fingerprint density at radius 2 is 1.61 bits per heavy atom. The first kappa shape index (κ1) is 13.7. The number of alkyl halides is 1. The first-order valence-electron chi connectivity index (χ1n) is 5.34. The molecule has 94 valence electrons. The lowest BCUT2D eigenvalue weighted by Gasteiger charge is -2.13. The van der Waals surface area contributed by atoms with Gasteiger partial charge in [0.2, 0.25) is 0 Å². The Labute approximate surface area is 121 Å². The van der Waals surface area contributed by atoms with Crippen LogP contribution in [0.1, 0.15) is 21.5 Å². The summed E-state index contributed by atoms with van der Waals surface area (Å²) in [5.74, 6) is -0.799. The van der Waals surface area contributed by atoms with Crippen LogP contribution < -0.4 is 0 Å². The van der Waals surface area contributed by atoms with Crippen LogP contribution in [0.5, 0.6) is 0 Å². The van der Waals surface area contributed by atoms with E-state index < -0.39 is 11.6 Å². The predicted molar refractivity (Wildman–Crippen MR) is 76.0 cm³/mol. The van der Waals surface area contributed by atoms with Gasteiger partial charge in [-0.3, -0.25) is 0 Å². The smallest absolute Gasteiger partial charge is 0.128 e. The van der Waals surface area contributed by atoms with E-state index in [4.69, 9.17) is 0 Å². The highest BCUT2D eigenvalue weighted by atomic mass is 79.9. The molecular weight excluding hydrogens is 366 g/mol. The molecule has 2 aromatic carbocycles. The largest absolute Gasteiger partial charge is 0.207 e. The number of hydrogen-bond acceptors (Lipinski definition) is 0. The summed E-state index contributed by atoms with van der Waals surface area (Å²) in [6, 6.07) is 9.92. The van der Waals surface area contributed by atoms with Crippen molar-refractivity contribution in [1.29, 1.82) is 0 Å². The summed E-state index contributed by atoms with van der Waals surface area (Å²) in [6.07, 6.45) is 0. The number of benzene rings is 2. The Bertz CT molecular complexity index is 565. The fourth-order valence-electron chi connectivity index (χ4n) is 1.67. The van der Waals surface area contributed by atoms with Crippen LogP contribution in [-0.2, 0) is 0 Å². The topological polar surface area (TPSA) is 0 Å². The maximum Gasteiger partial charge on any atom is 0.128 e. The molecule has 0 amide bonds. The molecule has 1 atom stereocenters. The fraction of sp³-hybridized carbons (Fsp3) is 0.143. The van der Waals surface area contributed by atoms with Crippen molar-refractivity contribution in [3.8, 4) is 0 Å². The molecule has 0 radical (unpaired) electrons. The van der Waals surface area contributed by atoms with E-state index in [0.29, 0.717) is 11.1 Å².